The predicted molar refractivity (Wildman–Crippen MR) is 82.4 cm³/mol. The summed E-state index contributed by atoms with van der Waals surface area (Å²) in [6.45, 7) is 4.28. The molecule has 1 fully saturated rings. The summed E-state index contributed by atoms with van der Waals surface area (Å²) in [7, 11) is -3.58. The Kier molecular flexibility index (Phi) is 4.33. The second-order valence-corrected chi connectivity index (χ2v) is 8.13. The molecule has 0 unspecified atom stereocenters. The van der Waals surface area contributed by atoms with Gasteiger partial charge in [0, 0.05) is 17.3 Å². The number of nitrogens with two attached hydrogens (primary N) is 1. The lowest BCUT2D eigenvalue weighted by atomic mass is 9.89. The molecule has 1 saturated carbocycles. The van der Waals surface area contributed by atoms with E-state index in [0.29, 0.717) is 22.8 Å². The molecule has 1 aromatic rings. The molecule has 0 spiro atoms. The van der Waals surface area contributed by atoms with Gasteiger partial charge in [-0.2, -0.15) is 0 Å². The maximum Gasteiger partial charge on any atom is 0.240 e. The molecule has 0 atom stereocenters. The Hall–Kier alpha value is -0.780. The Morgan fingerprint density at radius 2 is 1.95 bits per heavy atom. The number of hydrogen-bond donors (Lipinski definition) is 2. The van der Waals surface area contributed by atoms with Crippen molar-refractivity contribution in [1.29, 1.82) is 0 Å². The predicted octanol–water partition coefficient (Wildman–Crippen LogP) is 3.09. The Morgan fingerprint density at radius 1 is 1.35 bits per heavy atom. The highest BCUT2D eigenvalue weighted by Gasteiger charge is 2.30. The highest BCUT2D eigenvalue weighted by atomic mass is 35.5. The molecule has 0 bridgehead atoms. The zero-order valence-corrected chi connectivity index (χ0v) is 13.4. The van der Waals surface area contributed by atoms with Crippen LogP contribution in [0.25, 0.3) is 0 Å². The third-order valence-corrected chi connectivity index (χ3v) is 5.90. The van der Waals surface area contributed by atoms with Crippen LogP contribution in [0.5, 0.6) is 0 Å². The van der Waals surface area contributed by atoms with Crippen molar-refractivity contribution in [2.45, 2.75) is 44.4 Å². The number of halogens is 1. The van der Waals surface area contributed by atoms with E-state index >= 15 is 0 Å². The van der Waals surface area contributed by atoms with Crippen LogP contribution in [0.2, 0.25) is 5.02 Å². The number of sulfonamides is 1. The Balaban J connectivity index is 2.22. The number of nitrogens with one attached hydrogen (secondary N) is 1. The summed E-state index contributed by atoms with van der Waals surface area (Å²) in [5.41, 5.74) is 6.78. The maximum absolute atomic E-state index is 12.4. The molecule has 1 aromatic carbocycles. The molecular weight excluding hydrogens is 296 g/mol. The van der Waals surface area contributed by atoms with E-state index in [1.807, 2.05) is 0 Å². The van der Waals surface area contributed by atoms with Crippen molar-refractivity contribution in [3.63, 3.8) is 0 Å². The van der Waals surface area contributed by atoms with Crippen molar-refractivity contribution >= 4 is 27.3 Å². The first-order chi connectivity index (χ1) is 9.23. The summed E-state index contributed by atoms with van der Waals surface area (Å²) < 4.78 is 27.6. The van der Waals surface area contributed by atoms with Crippen LogP contribution in [-0.4, -0.2) is 15.0 Å². The van der Waals surface area contributed by atoms with Gasteiger partial charge < -0.3 is 5.73 Å². The highest BCUT2D eigenvalue weighted by molar-refractivity contribution is 7.89. The van der Waals surface area contributed by atoms with E-state index in [1.165, 1.54) is 18.9 Å². The SMILES string of the molecule is Cc1c(N)cc(Cl)cc1S(=O)(=O)NCC1(C)CCCC1. The summed E-state index contributed by atoms with van der Waals surface area (Å²) >= 11 is 5.91. The zero-order valence-electron chi connectivity index (χ0n) is 11.9. The molecular formula is C14H21ClN2O2S. The van der Waals surface area contributed by atoms with Gasteiger partial charge in [0.25, 0.3) is 0 Å². The van der Waals surface area contributed by atoms with Gasteiger partial charge >= 0.3 is 0 Å². The number of hydrogen-bond acceptors (Lipinski definition) is 3. The van der Waals surface area contributed by atoms with Crippen molar-refractivity contribution in [2.24, 2.45) is 5.41 Å². The molecule has 0 amide bonds. The van der Waals surface area contributed by atoms with Gasteiger partial charge in [-0.3, -0.25) is 0 Å². The molecule has 1 aliphatic rings. The molecule has 20 heavy (non-hydrogen) atoms. The molecule has 1 aliphatic carbocycles. The van der Waals surface area contributed by atoms with Gasteiger partial charge in [0.05, 0.1) is 4.90 Å². The molecule has 0 aromatic heterocycles. The minimum atomic E-state index is -3.58. The summed E-state index contributed by atoms with van der Waals surface area (Å²) in [6.07, 6.45) is 4.46. The highest BCUT2D eigenvalue weighted by Crippen LogP contribution is 2.37. The lowest BCUT2D eigenvalue weighted by molar-refractivity contribution is 0.336. The lowest BCUT2D eigenvalue weighted by Crippen LogP contribution is -2.34. The molecule has 112 valence electrons. The fourth-order valence-corrected chi connectivity index (χ4v) is 4.49. The van der Waals surface area contributed by atoms with Crippen LogP contribution in [0.3, 0.4) is 0 Å². The van der Waals surface area contributed by atoms with Gasteiger partial charge in [0.2, 0.25) is 10.0 Å². The summed E-state index contributed by atoms with van der Waals surface area (Å²) in [4.78, 5) is 0.170. The van der Waals surface area contributed by atoms with Crippen LogP contribution in [0.15, 0.2) is 17.0 Å². The second kappa shape index (κ2) is 5.54. The van der Waals surface area contributed by atoms with Crippen LogP contribution in [0.4, 0.5) is 5.69 Å². The van der Waals surface area contributed by atoms with E-state index in [1.54, 1.807) is 13.0 Å². The molecule has 2 rings (SSSR count). The number of nitrogen functional groups attached to an aromatic ring is 1. The number of anilines is 1. The van der Waals surface area contributed by atoms with Crippen LogP contribution in [-0.2, 0) is 10.0 Å². The first-order valence-electron chi connectivity index (χ1n) is 6.79. The first kappa shape index (κ1) is 15.6. The maximum atomic E-state index is 12.4. The van der Waals surface area contributed by atoms with Gasteiger partial charge in [0.15, 0.2) is 0 Å². The first-order valence-corrected chi connectivity index (χ1v) is 8.65. The minimum Gasteiger partial charge on any atom is -0.398 e. The fourth-order valence-electron chi connectivity index (χ4n) is 2.71. The topological polar surface area (TPSA) is 72.2 Å². The molecule has 0 radical (unpaired) electrons. The molecule has 0 aliphatic heterocycles. The van der Waals surface area contributed by atoms with Gasteiger partial charge in [-0.1, -0.05) is 31.4 Å². The standard InChI is InChI=1S/C14H21ClN2O2S/c1-10-12(16)7-11(15)8-13(10)20(18,19)17-9-14(2)5-3-4-6-14/h7-8,17H,3-6,9,16H2,1-2H3. The normalized spacial score (nSPS) is 18.4. The van der Waals surface area contributed by atoms with Crippen LogP contribution >= 0.6 is 11.6 Å². The smallest absolute Gasteiger partial charge is 0.240 e. The monoisotopic (exact) mass is 316 g/mol. The lowest BCUT2D eigenvalue weighted by Gasteiger charge is -2.24. The number of benzene rings is 1. The second-order valence-electron chi connectivity index (χ2n) is 5.96. The molecule has 6 heteroatoms. The van der Waals surface area contributed by atoms with Gasteiger partial charge in [0.1, 0.15) is 0 Å². The Labute approximate surface area is 125 Å². The van der Waals surface area contributed by atoms with Crippen LogP contribution in [0.1, 0.15) is 38.2 Å². The quantitative estimate of drug-likeness (QED) is 0.838. The largest absolute Gasteiger partial charge is 0.398 e. The zero-order chi connectivity index (χ0) is 15.0. The van der Waals surface area contributed by atoms with Crippen molar-refractivity contribution in [1.82, 2.24) is 4.72 Å². The van der Waals surface area contributed by atoms with Crippen LogP contribution < -0.4 is 10.5 Å². The molecule has 4 nitrogen and oxygen atoms in total. The molecule has 3 N–H and O–H groups in total. The van der Waals surface area contributed by atoms with Gasteiger partial charge in [-0.25, -0.2) is 13.1 Å². The third-order valence-electron chi connectivity index (χ3n) is 4.15. The Bertz CT molecular complexity index is 608. The van der Waals surface area contributed by atoms with Crippen LogP contribution in [0, 0.1) is 12.3 Å². The van der Waals surface area contributed by atoms with Gasteiger partial charge in [-0.15, -0.1) is 0 Å². The van der Waals surface area contributed by atoms with E-state index < -0.39 is 10.0 Å². The van der Waals surface area contributed by atoms with E-state index in [-0.39, 0.29) is 10.3 Å². The van der Waals surface area contributed by atoms with Crippen molar-refractivity contribution in [2.75, 3.05) is 12.3 Å². The van der Waals surface area contributed by atoms with E-state index in [2.05, 4.69) is 11.6 Å². The van der Waals surface area contributed by atoms with Crippen molar-refractivity contribution in [3.8, 4) is 0 Å². The van der Waals surface area contributed by atoms with E-state index in [0.717, 1.165) is 12.8 Å². The third kappa shape index (κ3) is 3.27. The van der Waals surface area contributed by atoms with Crippen molar-refractivity contribution in [3.05, 3.63) is 22.7 Å². The summed E-state index contributed by atoms with van der Waals surface area (Å²) in [5, 5.41) is 0.334. The molecule has 0 heterocycles. The molecule has 0 saturated heterocycles. The summed E-state index contributed by atoms with van der Waals surface area (Å²) in [5.74, 6) is 0. The minimum absolute atomic E-state index is 0.0606. The van der Waals surface area contributed by atoms with Gasteiger partial charge in [-0.05, 0) is 42.9 Å². The van der Waals surface area contributed by atoms with E-state index in [4.69, 9.17) is 17.3 Å². The fraction of sp³-hybridized carbons (Fsp3) is 0.571. The average molecular weight is 317 g/mol. The summed E-state index contributed by atoms with van der Waals surface area (Å²) in [6, 6.07) is 3.01. The number of rotatable bonds is 4. The Morgan fingerprint density at radius 3 is 2.55 bits per heavy atom. The van der Waals surface area contributed by atoms with Crippen molar-refractivity contribution < 1.29 is 8.42 Å². The average Bonchev–Trinajstić information content (AvgIpc) is 2.79. The van der Waals surface area contributed by atoms with E-state index in [9.17, 15) is 8.42 Å².